The van der Waals surface area contributed by atoms with E-state index in [4.69, 9.17) is 14.6 Å². The van der Waals surface area contributed by atoms with Crippen molar-refractivity contribution in [2.45, 2.75) is 12.8 Å². The molecule has 1 aromatic heterocycles. The van der Waals surface area contributed by atoms with E-state index < -0.39 is 5.41 Å². The summed E-state index contributed by atoms with van der Waals surface area (Å²) in [5.74, 6) is 0.785. The maximum atomic E-state index is 13.1. The van der Waals surface area contributed by atoms with Gasteiger partial charge in [-0.05, 0) is 44.3 Å². The number of rotatable bonds is 9. The molecule has 2 aromatic rings. The third kappa shape index (κ3) is 6.81. The number of H-pyrrole nitrogens is 1. The number of aromatic amines is 1. The second kappa shape index (κ2) is 11.8. The average Bonchev–Trinajstić information content (AvgIpc) is 3.24. The number of nitrogens with one attached hydrogen (secondary N) is 2. The summed E-state index contributed by atoms with van der Waals surface area (Å²) in [5.41, 5.74) is 1.37. The van der Waals surface area contributed by atoms with Crippen LogP contribution in [-0.2, 0) is 27.2 Å². The summed E-state index contributed by atoms with van der Waals surface area (Å²) in [6.45, 7) is 1.46. The van der Waals surface area contributed by atoms with Crippen LogP contribution in [0.15, 0.2) is 36.5 Å². The number of methoxy groups -OCH3 is 1. The normalized spacial score (nSPS) is 14.1. The SMILES string of the molecule is COc1cccc(CC2(C(=O)NCCc3ccn[nH]3)CN(C(=O)CN(C)C)C2)c1.O=CO. The molecule has 1 aliphatic rings. The first-order valence-electron chi connectivity index (χ1n) is 10.2. The van der Waals surface area contributed by atoms with Gasteiger partial charge in [0.25, 0.3) is 6.47 Å². The van der Waals surface area contributed by atoms with Crippen molar-refractivity contribution in [2.24, 2.45) is 5.41 Å². The molecule has 174 valence electrons. The molecule has 10 heteroatoms. The monoisotopic (exact) mass is 445 g/mol. The van der Waals surface area contributed by atoms with E-state index in [1.165, 1.54) is 0 Å². The van der Waals surface area contributed by atoms with Crippen LogP contribution in [0.1, 0.15) is 11.3 Å². The molecule has 0 saturated carbocycles. The second-order valence-corrected chi connectivity index (χ2v) is 7.99. The fourth-order valence-electron chi connectivity index (χ4n) is 3.66. The minimum Gasteiger partial charge on any atom is -0.497 e. The fraction of sp³-hybridized carbons (Fsp3) is 0.455. The lowest BCUT2D eigenvalue weighted by Crippen LogP contribution is -2.66. The van der Waals surface area contributed by atoms with Crippen molar-refractivity contribution >= 4 is 18.3 Å². The van der Waals surface area contributed by atoms with Crippen molar-refractivity contribution in [3.05, 3.63) is 47.8 Å². The summed E-state index contributed by atoms with van der Waals surface area (Å²) in [7, 11) is 5.36. The molecule has 3 N–H and O–H groups in total. The maximum Gasteiger partial charge on any atom is 0.290 e. The quantitative estimate of drug-likeness (QED) is 0.477. The molecule has 1 aliphatic heterocycles. The highest BCUT2D eigenvalue weighted by atomic mass is 16.5. The number of hydrogen-bond acceptors (Lipinski definition) is 6. The van der Waals surface area contributed by atoms with Gasteiger partial charge in [0.05, 0.1) is 19.1 Å². The highest BCUT2D eigenvalue weighted by molar-refractivity contribution is 5.88. The lowest BCUT2D eigenvalue weighted by molar-refractivity contribution is -0.154. The van der Waals surface area contributed by atoms with Crippen LogP contribution in [0.5, 0.6) is 5.75 Å². The smallest absolute Gasteiger partial charge is 0.290 e. The van der Waals surface area contributed by atoms with Gasteiger partial charge < -0.3 is 25.0 Å². The van der Waals surface area contributed by atoms with Crippen LogP contribution in [0, 0.1) is 5.41 Å². The number of carbonyl (C=O) groups excluding carboxylic acids is 2. The number of nitrogens with zero attached hydrogens (tertiary/aromatic N) is 3. The highest BCUT2D eigenvalue weighted by Gasteiger charge is 2.50. The standard InChI is InChI=1S/C21H29N5O3.CH2O2/c1-25(2)13-19(27)26-14-21(15-26,12-16-5-4-6-18(11-16)29-3)20(28)22-9-7-17-8-10-23-24-17;2-1-3/h4-6,8,10-11H,7,9,12-15H2,1-3H3,(H,22,28)(H,23,24);1H,(H,2,3). The molecule has 0 aliphatic carbocycles. The van der Waals surface area contributed by atoms with Gasteiger partial charge in [-0.2, -0.15) is 5.10 Å². The van der Waals surface area contributed by atoms with E-state index >= 15 is 0 Å². The third-order valence-electron chi connectivity index (χ3n) is 5.19. The van der Waals surface area contributed by atoms with E-state index in [9.17, 15) is 9.59 Å². The Morgan fingerprint density at radius 3 is 2.66 bits per heavy atom. The van der Waals surface area contributed by atoms with Gasteiger partial charge in [0.2, 0.25) is 11.8 Å². The molecular formula is C22H31N5O5. The van der Waals surface area contributed by atoms with Gasteiger partial charge in [-0.15, -0.1) is 0 Å². The van der Waals surface area contributed by atoms with Crippen LogP contribution in [-0.4, -0.2) is 90.8 Å². The molecule has 10 nitrogen and oxygen atoms in total. The molecule has 2 amide bonds. The lowest BCUT2D eigenvalue weighted by atomic mass is 9.73. The predicted molar refractivity (Wildman–Crippen MR) is 118 cm³/mol. The van der Waals surface area contributed by atoms with Gasteiger partial charge in [0.1, 0.15) is 5.75 Å². The molecule has 2 heterocycles. The first-order valence-corrected chi connectivity index (χ1v) is 10.2. The Balaban J connectivity index is 0.00000114. The van der Waals surface area contributed by atoms with E-state index in [2.05, 4.69) is 15.5 Å². The predicted octanol–water partition coefficient (Wildman–Crippen LogP) is 0.411. The number of aromatic nitrogens is 2. The number of carboxylic acid groups (broad SMARTS) is 1. The zero-order valence-corrected chi connectivity index (χ0v) is 18.7. The molecule has 1 saturated heterocycles. The number of likely N-dealkylation sites (N-methyl/N-ethyl adjacent to an activating group) is 1. The van der Waals surface area contributed by atoms with Gasteiger partial charge >= 0.3 is 0 Å². The summed E-state index contributed by atoms with van der Waals surface area (Å²) < 4.78 is 5.31. The molecule has 1 fully saturated rings. The Morgan fingerprint density at radius 2 is 2.06 bits per heavy atom. The van der Waals surface area contributed by atoms with Crippen molar-refractivity contribution < 1.29 is 24.2 Å². The van der Waals surface area contributed by atoms with E-state index in [0.717, 1.165) is 17.0 Å². The average molecular weight is 446 g/mol. The second-order valence-electron chi connectivity index (χ2n) is 7.99. The van der Waals surface area contributed by atoms with Gasteiger partial charge in [-0.3, -0.25) is 19.5 Å². The number of benzene rings is 1. The van der Waals surface area contributed by atoms with Crippen molar-refractivity contribution in [2.75, 3.05) is 47.4 Å². The van der Waals surface area contributed by atoms with Crippen molar-refractivity contribution in [3.63, 3.8) is 0 Å². The third-order valence-corrected chi connectivity index (χ3v) is 5.19. The summed E-state index contributed by atoms with van der Waals surface area (Å²) >= 11 is 0. The number of amides is 2. The van der Waals surface area contributed by atoms with Crippen LogP contribution >= 0.6 is 0 Å². The number of ether oxygens (including phenoxy) is 1. The van der Waals surface area contributed by atoms with Crippen LogP contribution in [0.2, 0.25) is 0 Å². The number of carbonyl (C=O) groups is 3. The zero-order valence-electron chi connectivity index (χ0n) is 18.7. The van der Waals surface area contributed by atoms with E-state index in [1.54, 1.807) is 18.2 Å². The highest BCUT2D eigenvalue weighted by Crippen LogP contribution is 2.35. The van der Waals surface area contributed by atoms with Crippen LogP contribution in [0.25, 0.3) is 0 Å². The Hall–Kier alpha value is -3.40. The van der Waals surface area contributed by atoms with Crippen LogP contribution < -0.4 is 10.1 Å². The largest absolute Gasteiger partial charge is 0.497 e. The molecule has 0 bridgehead atoms. The maximum absolute atomic E-state index is 13.1. The minimum absolute atomic E-state index is 0.0197. The molecule has 1 aromatic carbocycles. The van der Waals surface area contributed by atoms with Crippen molar-refractivity contribution in [1.29, 1.82) is 0 Å². The van der Waals surface area contributed by atoms with E-state index in [-0.39, 0.29) is 18.3 Å². The Morgan fingerprint density at radius 1 is 1.34 bits per heavy atom. The topological polar surface area (TPSA) is 128 Å². The lowest BCUT2D eigenvalue weighted by Gasteiger charge is -2.49. The molecule has 0 radical (unpaired) electrons. The zero-order chi connectivity index (χ0) is 23.6. The van der Waals surface area contributed by atoms with E-state index in [0.29, 0.717) is 39.0 Å². The minimum atomic E-state index is -0.623. The van der Waals surface area contributed by atoms with Crippen LogP contribution in [0.3, 0.4) is 0 Å². The van der Waals surface area contributed by atoms with Gasteiger partial charge in [0, 0.05) is 37.9 Å². The molecule has 0 atom stereocenters. The first-order chi connectivity index (χ1) is 15.3. The summed E-state index contributed by atoms with van der Waals surface area (Å²) in [6, 6.07) is 9.64. The Labute approximate surface area is 187 Å². The van der Waals surface area contributed by atoms with Crippen molar-refractivity contribution in [1.82, 2.24) is 25.3 Å². The Bertz CT molecular complexity index is 879. The molecule has 3 rings (SSSR count). The van der Waals surface area contributed by atoms with E-state index in [1.807, 2.05) is 49.3 Å². The van der Waals surface area contributed by atoms with Gasteiger partial charge in [0.15, 0.2) is 0 Å². The molecule has 32 heavy (non-hydrogen) atoms. The number of hydrogen-bond donors (Lipinski definition) is 3. The molecule has 0 spiro atoms. The summed E-state index contributed by atoms with van der Waals surface area (Å²) in [4.78, 5) is 37.5. The van der Waals surface area contributed by atoms with Gasteiger partial charge in [-0.1, -0.05) is 12.1 Å². The fourth-order valence-corrected chi connectivity index (χ4v) is 3.66. The van der Waals surface area contributed by atoms with Crippen LogP contribution in [0.4, 0.5) is 0 Å². The Kier molecular flexibility index (Phi) is 9.21. The first kappa shape index (κ1) is 24.9. The van der Waals surface area contributed by atoms with Crippen molar-refractivity contribution in [3.8, 4) is 5.75 Å². The molecule has 0 unspecified atom stereocenters. The summed E-state index contributed by atoms with van der Waals surface area (Å²) in [5, 5.41) is 16.8. The van der Waals surface area contributed by atoms with Gasteiger partial charge in [-0.25, -0.2) is 0 Å². The summed E-state index contributed by atoms with van der Waals surface area (Å²) in [6.07, 6.45) is 2.94. The molecular weight excluding hydrogens is 414 g/mol. The number of likely N-dealkylation sites (tertiary alicyclic amines) is 1.